The van der Waals surface area contributed by atoms with E-state index in [4.69, 9.17) is 11.6 Å². The summed E-state index contributed by atoms with van der Waals surface area (Å²) in [5, 5.41) is 4.41. The van der Waals surface area contributed by atoms with Crippen LogP contribution in [0.1, 0.15) is 26.5 Å². The van der Waals surface area contributed by atoms with Gasteiger partial charge in [0.15, 0.2) is 5.69 Å². The molecule has 2 N–H and O–H groups in total. The third-order valence-electron chi connectivity index (χ3n) is 3.80. The average molecular weight is 401 g/mol. The van der Waals surface area contributed by atoms with Gasteiger partial charge < -0.3 is 0 Å². The van der Waals surface area contributed by atoms with Gasteiger partial charge in [0.05, 0.1) is 0 Å². The van der Waals surface area contributed by atoms with Crippen molar-refractivity contribution in [3.63, 3.8) is 0 Å². The van der Waals surface area contributed by atoms with Gasteiger partial charge in [-0.1, -0.05) is 23.7 Å². The predicted octanol–water partition coefficient (Wildman–Crippen LogP) is 2.41. The molecule has 0 saturated heterocycles. The molecule has 142 valence electrons. The Balaban J connectivity index is 1.83. The van der Waals surface area contributed by atoms with Crippen LogP contribution in [-0.2, 0) is 0 Å². The molecule has 0 aliphatic carbocycles. The van der Waals surface area contributed by atoms with Gasteiger partial charge in [0, 0.05) is 22.3 Å². The van der Waals surface area contributed by atoms with E-state index < -0.39 is 28.8 Å². The first-order valence-electron chi connectivity index (χ1n) is 8.09. The summed E-state index contributed by atoms with van der Waals surface area (Å²) < 4.78 is 15.2. The zero-order valence-electron chi connectivity index (χ0n) is 14.6. The molecular formula is C19H14ClFN4O3. The van der Waals surface area contributed by atoms with E-state index in [9.17, 15) is 18.8 Å². The third kappa shape index (κ3) is 4.07. The molecular weight excluding hydrogens is 387 g/mol. The van der Waals surface area contributed by atoms with Gasteiger partial charge in [-0.25, -0.2) is 9.07 Å². The molecule has 0 spiro atoms. The van der Waals surface area contributed by atoms with E-state index in [2.05, 4.69) is 16.0 Å². The predicted molar refractivity (Wildman–Crippen MR) is 101 cm³/mol. The third-order valence-corrected chi connectivity index (χ3v) is 4.05. The number of nitrogens with one attached hydrogen (secondary N) is 2. The number of halogens is 2. The summed E-state index contributed by atoms with van der Waals surface area (Å²) in [5.74, 6) is -2.10. The molecule has 0 atom stereocenters. The number of nitrogens with zero attached hydrogens (tertiary/aromatic N) is 2. The highest BCUT2D eigenvalue weighted by Gasteiger charge is 2.17. The Kier molecular flexibility index (Phi) is 5.51. The smallest absolute Gasteiger partial charge is 0.287 e. The van der Waals surface area contributed by atoms with E-state index in [1.54, 1.807) is 13.0 Å². The monoisotopic (exact) mass is 400 g/mol. The zero-order chi connectivity index (χ0) is 20.3. The summed E-state index contributed by atoms with van der Waals surface area (Å²) in [6, 6.07) is 13.0. The van der Waals surface area contributed by atoms with Crippen molar-refractivity contribution in [3.8, 4) is 5.69 Å². The highest BCUT2D eigenvalue weighted by molar-refractivity contribution is 6.30. The molecule has 0 bridgehead atoms. The molecule has 0 saturated carbocycles. The van der Waals surface area contributed by atoms with Gasteiger partial charge in [-0.2, -0.15) is 5.10 Å². The lowest BCUT2D eigenvalue weighted by atomic mass is 10.2. The molecule has 3 aromatic rings. The number of rotatable bonds is 3. The van der Waals surface area contributed by atoms with E-state index in [1.807, 2.05) is 0 Å². The van der Waals surface area contributed by atoms with E-state index in [-0.39, 0.29) is 11.3 Å². The molecule has 1 aromatic heterocycles. The van der Waals surface area contributed by atoms with Crippen LogP contribution in [0.4, 0.5) is 4.39 Å². The van der Waals surface area contributed by atoms with Crippen LogP contribution in [0.5, 0.6) is 0 Å². The number of carbonyl (C=O) groups is 2. The number of hydrogen-bond acceptors (Lipinski definition) is 4. The fraction of sp³-hybridized carbons (Fsp3) is 0.0526. The molecule has 2 amide bonds. The molecule has 2 aromatic carbocycles. The van der Waals surface area contributed by atoms with Crippen molar-refractivity contribution in [3.05, 3.63) is 92.6 Å². The molecule has 0 radical (unpaired) electrons. The first-order valence-corrected chi connectivity index (χ1v) is 8.47. The molecule has 28 heavy (non-hydrogen) atoms. The molecule has 3 rings (SSSR count). The lowest BCUT2D eigenvalue weighted by molar-refractivity contribution is 0.0842. The first-order chi connectivity index (χ1) is 13.4. The summed E-state index contributed by atoms with van der Waals surface area (Å²) in [6.07, 6.45) is 0. The molecule has 0 unspecified atom stereocenters. The van der Waals surface area contributed by atoms with Crippen LogP contribution in [0.2, 0.25) is 5.02 Å². The van der Waals surface area contributed by atoms with Gasteiger partial charge >= 0.3 is 0 Å². The second-order valence-electron chi connectivity index (χ2n) is 5.78. The van der Waals surface area contributed by atoms with Gasteiger partial charge in [0.1, 0.15) is 11.5 Å². The number of carbonyl (C=O) groups excluding carboxylic acids is 2. The number of amides is 2. The largest absolute Gasteiger partial charge is 0.294 e. The SMILES string of the molecule is Cc1cc(=O)c(C(=O)NNC(=O)c2ccc(Cl)cc2)nn1-c1ccccc1F. The maximum absolute atomic E-state index is 14.1. The van der Waals surface area contributed by atoms with Crippen LogP contribution in [0, 0.1) is 12.7 Å². The molecule has 0 aliphatic heterocycles. The number of para-hydroxylation sites is 1. The second-order valence-corrected chi connectivity index (χ2v) is 6.21. The van der Waals surface area contributed by atoms with E-state index in [1.165, 1.54) is 42.5 Å². The van der Waals surface area contributed by atoms with E-state index >= 15 is 0 Å². The summed E-state index contributed by atoms with van der Waals surface area (Å²) >= 11 is 5.76. The van der Waals surface area contributed by atoms with E-state index in [0.29, 0.717) is 10.7 Å². The van der Waals surface area contributed by atoms with Crippen LogP contribution in [0.25, 0.3) is 5.69 Å². The van der Waals surface area contributed by atoms with Crippen molar-refractivity contribution in [2.45, 2.75) is 6.92 Å². The lowest BCUT2D eigenvalue weighted by Crippen LogP contribution is -2.44. The van der Waals surface area contributed by atoms with E-state index in [0.717, 1.165) is 10.7 Å². The van der Waals surface area contributed by atoms with Crippen molar-refractivity contribution in [1.29, 1.82) is 0 Å². The Labute approximate surface area is 163 Å². The van der Waals surface area contributed by atoms with Crippen LogP contribution in [0.15, 0.2) is 59.4 Å². The number of benzene rings is 2. The first kappa shape index (κ1) is 19.2. The summed E-state index contributed by atoms with van der Waals surface area (Å²) in [6.45, 7) is 1.56. The van der Waals surface area contributed by atoms with Crippen molar-refractivity contribution in [2.24, 2.45) is 0 Å². The van der Waals surface area contributed by atoms with Gasteiger partial charge in [-0.05, 0) is 43.3 Å². The number of hydrazine groups is 1. The summed E-state index contributed by atoms with van der Waals surface area (Å²) in [4.78, 5) is 36.5. The summed E-state index contributed by atoms with van der Waals surface area (Å²) in [5.41, 5.74) is 3.83. The highest BCUT2D eigenvalue weighted by Crippen LogP contribution is 2.13. The minimum absolute atomic E-state index is 0.0826. The maximum atomic E-state index is 14.1. The summed E-state index contributed by atoms with van der Waals surface area (Å²) in [7, 11) is 0. The Morgan fingerprint density at radius 3 is 2.36 bits per heavy atom. The number of hydrogen-bond donors (Lipinski definition) is 2. The zero-order valence-corrected chi connectivity index (χ0v) is 15.3. The van der Waals surface area contributed by atoms with Crippen LogP contribution >= 0.6 is 11.6 Å². The maximum Gasteiger partial charge on any atom is 0.294 e. The van der Waals surface area contributed by atoms with Gasteiger partial charge in [-0.3, -0.25) is 25.2 Å². The molecule has 0 fully saturated rings. The van der Waals surface area contributed by atoms with Crippen molar-refractivity contribution in [2.75, 3.05) is 0 Å². The lowest BCUT2D eigenvalue weighted by Gasteiger charge is -2.12. The van der Waals surface area contributed by atoms with Crippen molar-refractivity contribution < 1.29 is 14.0 Å². The van der Waals surface area contributed by atoms with Crippen LogP contribution in [0.3, 0.4) is 0 Å². The Bertz CT molecular complexity index is 1110. The minimum Gasteiger partial charge on any atom is -0.287 e. The minimum atomic E-state index is -0.933. The second kappa shape index (κ2) is 8.01. The molecule has 9 heteroatoms. The van der Waals surface area contributed by atoms with Crippen molar-refractivity contribution >= 4 is 23.4 Å². The van der Waals surface area contributed by atoms with Crippen molar-refractivity contribution in [1.82, 2.24) is 20.6 Å². The Hall–Kier alpha value is -3.52. The number of aryl methyl sites for hydroxylation is 1. The van der Waals surface area contributed by atoms with Gasteiger partial charge in [0.2, 0.25) is 5.43 Å². The van der Waals surface area contributed by atoms with Crippen LogP contribution in [-0.4, -0.2) is 21.6 Å². The number of aromatic nitrogens is 2. The standard InChI is InChI=1S/C19H14ClFN4O3/c1-11-10-16(26)17(24-25(11)15-5-3-2-4-14(15)21)19(28)23-22-18(27)12-6-8-13(20)9-7-12/h2-10H,1H3,(H,22,27)(H,23,28). The average Bonchev–Trinajstić information content (AvgIpc) is 2.67. The normalized spacial score (nSPS) is 10.4. The topological polar surface area (TPSA) is 93.1 Å². The Morgan fingerprint density at radius 2 is 1.68 bits per heavy atom. The fourth-order valence-electron chi connectivity index (χ4n) is 2.42. The van der Waals surface area contributed by atoms with Gasteiger partial charge in [0.25, 0.3) is 11.8 Å². The highest BCUT2D eigenvalue weighted by atomic mass is 35.5. The molecule has 7 nitrogen and oxygen atoms in total. The van der Waals surface area contributed by atoms with Gasteiger partial charge in [-0.15, -0.1) is 0 Å². The molecule has 1 heterocycles. The van der Waals surface area contributed by atoms with Crippen LogP contribution < -0.4 is 16.3 Å². The molecule has 0 aliphatic rings. The quantitative estimate of drug-likeness (QED) is 0.660. The Morgan fingerprint density at radius 1 is 1.04 bits per heavy atom. The fourth-order valence-corrected chi connectivity index (χ4v) is 2.54.